The van der Waals surface area contributed by atoms with E-state index in [2.05, 4.69) is 15.4 Å². The van der Waals surface area contributed by atoms with E-state index in [4.69, 9.17) is 5.11 Å². The highest BCUT2D eigenvalue weighted by molar-refractivity contribution is 5.72. The number of hydrogen-bond acceptors (Lipinski definition) is 4. The number of anilines is 1. The Morgan fingerprint density at radius 1 is 1.47 bits per heavy atom. The van der Waals surface area contributed by atoms with Crippen LogP contribution in [0.2, 0.25) is 0 Å². The molecule has 0 aliphatic carbocycles. The van der Waals surface area contributed by atoms with Crippen LogP contribution in [-0.2, 0) is 4.79 Å². The van der Waals surface area contributed by atoms with Crippen molar-refractivity contribution >= 4 is 17.3 Å². The molecule has 2 N–H and O–H groups in total. The zero-order valence-electron chi connectivity index (χ0n) is 9.66. The highest BCUT2D eigenvalue weighted by Gasteiger charge is 2.20. The molecule has 2 atom stereocenters. The second-order valence-electron chi connectivity index (χ2n) is 4.00. The zero-order chi connectivity index (χ0) is 12.4. The molecule has 0 fully saturated rings. The van der Waals surface area contributed by atoms with E-state index < -0.39 is 11.9 Å². The van der Waals surface area contributed by atoms with Crippen LogP contribution in [0.1, 0.15) is 13.8 Å². The third-order valence-corrected chi connectivity index (χ3v) is 2.83. The van der Waals surface area contributed by atoms with Crippen LogP contribution in [0.15, 0.2) is 24.7 Å². The van der Waals surface area contributed by atoms with Gasteiger partial charge in [-0.15, -0.1) is 0 Å². The van der Waals surface area contributed by atoms with Gasteiger partial charge in [0.15, 0.2) is 5.82 Å². The summed E-state index contributed by atoms with van der Waals surface area (Å²) in [5.41, 5.74) is 0.830. The van der Waals surface area contributed by atoms with Gasteiger partial charge in [-0.2, -0.15) is 5.10 Å². The molecule has 6 heteroatoms. The minimum atomic E-state index is -0.828. The maximum Gasteiger partial charge on any atom is 0.308 e. The molecule has 2 aromatic rings. The fourth-order valence-corrected chi connectivity index (χ4v) is 1.52. The van der Waals surface area contributed by atoms with E-state index in [9.17, 15) is 4.79 Å². The Hall–Kier alpha value is -2.11. The van der Waals surface area contributed by atoms with Gasteiger partial charge in [0.2, 0.25) is 0 Å². The molecule has 17 heavy (non-hydrogen) atoms. The van der Waals surface area contributed by atoms with Crippen molar-refractivity contribution < 1.29 is 9.90 Å². The molecule has 0 aliphatic rings. The van der Waals surface area contributed by atoms with Gasteiger partial charge >= 0.3 is 5.97 Å². The maximum absolute atomic E-state index is 10.9. The van der Waals surface area contributed by atoms with Crippen molar-refractivity contribution in [2.24, 2.45) is 5.92 Å². The lowest BCUT2D eigenvalue weighted by Crippen LogP contribution is -2.30. The van der Waals surface area contributed by atoms with Gasteiger partial charge in [0.1, 0.15) is 5.52 Å². The first kappa shape index (κ1) is 11.4. The minimum Gasteiger partial charge on any atom is -0.481 e. The number of carbonyl (C=O) groups is 1. The second kappa shape index (κ2) is 4.40. The molecule has 2 aromatic heterocycles. The number of hydrogen-bond donors (Lipinski definition) is 2. The molecule has 2 unspecified atom stereocenters. The van der Waals surface area contributed by atoms with Crippen molar-refractivity contribution in [1.82, 2.24) is 14.6 Å². The van der Waals surface area contributed by atoms with E-state index in [1.165, 1.54) is 0 Å². The first-order chi connectivity index (χ1) is 8.09. The van der Waals surface area contributed by atoms with Gasteiger partial charge in [0.05, 0.1) is 12.1 Å². The van der Waals surface area contributed by atoms with Gasteiger partial charge in [-0.3, -0.25) is 4.79 Å². The fourth-order valence-electron chi connectivity index (χ4n) is 1.52. The van der Waals surface area contributed by atoms with E-state index in [0.29, 0.717) is 5.82 Å². The Bertz CT molecular complexity index is 537. The Morgan fingerprint density at radius 2 is 2.24 bits per heavy atom. The lowest BCUT2D eigenvalue weighted by atomic mass is 10.0. The van der Waals surface area contributed by atoms with Gasteiger partial charge in [-0.25, -0.2) is 9.50 Å². The van der Waals surface area contributed by atoms with Crippen molar-refractivity contribution in [3.8, 4) is 0 Å². The molecule has 0 bridgehead atoms. The quantitative estimate of drug-likeness (QED) is 0.832. The molecule has 0 aliphatic heterocycles. The Balaban J connectivity index is 2.23. The molecule has 0 aromatic carbocycles. The predicted octanol–water partition coefficient (Wildman–Crippen LogP) is 1.25. The van der Waals surface area contributed by atoms with Crippen LogP contribution in [0.4, 0.5) is 5.82 Å². The third-order valence-electron chi connectivity index (χ3n) is 2.83. The van der Waals surface area contributed by atoms with Crippen molar-refractivity contribution in [2.75, 3.05) is 5.32 Å². The first-order valence-corrected chi connectivity index (χ1v) is 5.37. The lowest BCUT2D eigenvalue weighted by molar-refractivity contribution is -0.141. The number of carboxylic acids is 1. The normalized spacial score (nSPS) is 14.5. The van der Waals surface area contributed by atoms with Gasteiger partial charge in [-0.1, -0.05) is 0 Å². The Labute approximate surface area is 98.3 Å². The van der Waals surface area contributed by atoms with Crippen molar-refractivity contribution in [1.29, 1.82) is 0 Å². The fraction of sp³-hybridized carbons (Fsp3) is 0.364. The minimum absolute atomic E-state index is 0.207. The molecule has 0 spiro atoms. The van der Waals surface area contributed by atoms with Crippen LogP contribution in [0.25, 0.3) is 5.52 Å². The van der Waals surface area contributed by atoms with E-state index in [1.807, 2.05) is 13.0 Å². The number of nitrogens with one attached hydrogen (secondary N) is 1. The largest absolute Gasteiger partial charge is 0.481 e. The van der Waals surface area contributed by atoms with Crippen molar-refractivity contribution in [3.05, 3.63) is 24.7 Å². The molecule has 2 rings (SSSR count). The summed E-state index contributed by atoms with van der Waals surface area (Å²) in [7, 11) is 0. The zero-order valence-corrected chi connectivity index (χ0v) is 9.66. The number of nitrogens with zero attached hydrogens (tertiary/aromatic N) is 3. The molecule has 0 saturated carbocycles. The van der Waals surface area contributed by atoms with Crippen LogP contribution in [0, 0.1) is 5.92 Å². The number of aliphatic carboxylic acids is 1. The number of fused-ring (bicyclic) bond motifs is 1. The molecule has 6 nitrogen and oxygen atoms in total. The summed E-state index contributed by atoms with van der Waals surface area (Å²) in [6.07, 6.45) is 5.04. The maximum atomic E-state index is 10.9. The van der Waals surface area contributed by atoms with Crippen molar-refractivity contribution in [2.45, 2.75) is 19.9 Å². The molecule has 2 heterocycles. The van der Waals surface area contributed by atoms with Crippen LogP contribution in [0.3, 0.4) is 0 Å². The van der Waals surface area contributed by atoms with Crippen LogP contribution in [-0.4, -0.2) is 31.7 Å². The third kappa shape index (κ3) is 2.20. The van der Waals surface area contributed by atoms with Crippen LogP contribution < -0.4 is 5.32 Å². The molecular weight excluding hydrogens is 220 g/mol. The molecule has 90 valence electrons. The summed E-state index contributed by atoms with van der Waals surface area (Å²) in [5.74, 6) is -0.670. The number of carboxylic acid groups (broad SMARTS) is 1. The van der Waals surface area contributed by atoms with Gasteiger partial charge < -0.3 is 10.4 Å². The lowest BCUT2D eigenvalue weighted by Gasteiger charge is -2.18. The van der Waals surface area contributed by atoms with E-state index in [-0.39, 0.29) is 6.04 Å². The summed E-state index contributed by atoms with van der Waals surface area (Å²) in [6.45, 7) is 3.48. The summed E-state index contributed by atoms with van der Waals surface area (Å²) < 4.78 is 1.69. The smallest absolute Gasteiger partial charge is 0.308 e. The van der Waals surface area contributed by atoms with Gasteiger partial charge in [-0.05, 0) is 19.9 Å². The molecule has 0 amide bonds. The van der Waals surface area contributed by atoms with Crippen molar-refractivity contribution in [3.63, 3.8) is 0 Å². The topological polar surface area (TPSA) is 79.5 Å². The van der Waals surface area contributed by atoms with Crippen LogP contribution >= 0.6 is 0 Å². The van der Waals surface area contributed by atoms with Gasteiger partial charge in [0.25, 0.3) is 0 Å². The molecule has 0 saturated heterocycles. The highest BCUT2D eigenvalue weighted by Crippen LogP contribution is 2.16. The van der Waals surface area contributed by atoms with E-state index >= 15 is 0 Å². The average Bonchev–Trinajstić information content (AvgIpc) is 2.76. The monoisotopic (exact) mass is 234 g/mol. The Kier molecular flexibility index (Phi) is 2.95. The summed E-state index contributed by atoms with van der Waals surface area (Å²) >= 11 is 0. The summed E-state index contributed by atoms with van der Waals surface area (Å²) in [5, 5.41) is 16.1. The first-order valence-electron chi connectivity index (χ1n) is 5.37. The predicted molar refractivity (Wildman–Crippen MR) is 62.9 cm³/mol. The molecule has 0 radical (unpaired) electrons. The summed E-state index contributed by atoms with van der Waals surface area (Å²) in [4.78, 5) is 15.1. The summed E-state index contributed by atoms with van der Waals surface area (Å²) in [6, 6.07) is 1.62. The van der Waals surface area contributed by atoms with E-state index in [0.717, 1.165) is 5.52 Å². The van der Waals surface area contributed by atoms with Crippen LogP contribution in [0.5, 0.6) is 0 Å². The average molecular weight is 234 g/mol. The standard InChI is InChI=1S/C11H14N4O2/c1-7(11(16)17)8(2)14-10-9-3-4-13-15(9)6-5-12-10/h3-8H,1-2H3,(H,12,14)(H,16,17). The Morgan fingerprint density at radius 3 is 2.94 bits per heavy atom. The highest BCUT2D eigenvalue weighted by atomic mass is 16.4. The number of aromatic nitrogens is 3. The number of rotatable bonds is 4. The molecular formula is C11H14N4O2. The van der Waals surface area contributed by atoms with E-state index in [1.54, 1.807) is 30.0 Å². The van der Waals surface area contributed by atoms with Gasteiger partial charge in [0, 0.05) is 18.4 Å². The SMILES string of the molecule is CC(Nc1nccn2nccc12)C(C)C(=O)O. The second-order valence-corrected chi connectivity index (χ2v) is 4.00.